The highest BCUT2D eigenvalue weighted by Gasteiger charge is 2.28. The molecule has 0 saturated carbocycles. The fourth-order valence-electron chi connectivity index (χ4n) is 2.74. The van der Waals surface area contributed by atoms with Crippen LogP contribution in [-0.4, -0.2) is 20.7 Å². The van der Waals surface area contributed by atoms with Gasteiger partial charge in [0.2, 0.25) is 0 Å². The summed E-state index contributed by atoms with van der Waals surface area (Å²) in [5.41, 5.74) is 0.501. The predicted octanol–water partition coefficient (Wildman–Crippen LogP) is 5.56. The van der Waals surface area contributed by atoms with E-state index in [-0.39, 0.29) is 5.97 Å². The van der Waals surface area contributed by atoms with Crippen LogP contribution >= 0.6 is 0 Å². The minimum Gasteiger partial charge on any atom is -0.462 e. The molecule has 0 heterocycles. The lowest BCUT2D eigenvalue weighted by Crippen LogP contribution is -2.33. The molecule has 0 unspecified atom stereocenters. The number of carbonyl (C=O) groups is 1. The molecule has 20 heavy (non-hydrogen) atoms. The highest BCUT2D eigenvalue weighted by Crippen LogP contribution is 2.31. The second kappa shape index (κ2) is 11.1. The van der Waals surface area contributed by atoms with Gasteiger partial charge in [0.05, 0.1) is 14.7 Å². The second-order valence-corrected chi connectivity index (χ2v) is 11.3. The SMILES string of the molecule is C=C(C)C(=O)OCCC[Si](CC)(CCCC)CCCC. The molecule has 0 saturated heterocycles. The van der Waals surface area contributed by atoms with E-state index in [1.54, 1.807) is 6.92 Å². The average Bonchev–Trinajstić information content (AvgIpc) is 2.45. The van der Waals surface area contributed by atoms with Crippen LogP contribution in [0.2, 0.25) is 24.2 Å². The van der Waals surface area contributed by atoms with Gasteiger partial charge in [-0.05, 0) is 13.3 Å². The summed E-state index contributed by atoms with van der Waals surface area (Å²) in [5.74, 6) is -0.240. The molecule has 3 heteroatoms. The van der Waals surface area contributed by atoms with Crippen LogP contribution in [0.15, 0.2) is 12.2 Å². The Bertz CT molecular complexity index is 279. The molecular weight excluding hydrogens is 264 g/mol. The number of carbonyl (C=O) groups excluding carboxylic acids is 1. The smallest absolute Gasteiger partial charge is 0.333 e. The Morgan fingerprint density at radius 1 is 1.00 bits per heavy atom. The van der Waals surface area contributed by atoms with Gasteiger partial charge in [-0.15, -0.1) is 0 Å². The minimum atomic E-state index is -1.12. The summed E-state index contributed by atoms with van der Waals surface area (Å²) in [6.07, 6.45) is 6.37. The van der Waals surface area contributed by atoms with Gasteiger partial charge in [0.15, 0.2) is 0 Å². The first-order valence-corrected chi connectivity index (χ1v) is 11.2. The first-order chi connectivity index (χ1) is 9.51. The van der Waals surface area contributed by atoms with Gasteiger partial charge in [-0.3, -0.25) is 0 Å². The van der Waals surface area contributed by atoms with Crippen molar-refractivity contribution in [3.8, 4) is 0 Å². The van der Waals surface area contributed by atoms with Gasteiger partial charge in [-0.1, -0.05) is 77.2 Å². The van der Waals surface area contributed by atoms with Gasteiger partial charge in [-0.25, -0.2) is 4.79 Å². The molecule has 0 N–H and O–H groups in total. The van der Waals surface area contributed by atoms with E-state index >= 15 is 0 Å². The number of rotatable bonds is 12. The third-order valence-corrected chi connectivity index (χ3v) is 10.0. The van der Waals surface area contributed by atoms with Crippen LogP contribution < -0.4 is 0 Å². The number of hydrogen-bond donors (Lipinski definition) is 0. The maximum absolute atomic E-state index is 11.4. The Hall–Kier alpha value is -0.573. The summed E-state index contributed by atoms with van der Waals surface area (Å²) in [6.45, 7) is 12.8. The third kappa shape index (κ3) is 7.88. The van der Waals surface area contributed by atoms with Crippen LogP contribution in [0.1, 0.15) is 59.8 Å². The fourth-order valence-corrected chi connectivity index (χ4v) is 7.66. The van der Waals surface area contributed by atoms with Crippen molar-refractivity contribution in [1.29, 1.82) is 0 Å². The molecule has 0 aliphatic heterocycles. The Balaban J connectivity index is 4.25. The normalized spacial score (nSPS) is 11.4. The number of unbranched alkanes of at least 4 members (excludes halogenated alkanes) is 2. The Morgan fingerprint density at radius 3 is 1.90 bits per heavy atom. The lowest BCUT2D eigenvalue weighted by atomic mass is 10.4. The first kappa shape index (κ1) is 19.4. The second-order valence-electron chi connectivity index (χ2n) is 6.08. The van der Waals surface area contributed by atoms with E-state index in [1.807, 2.05) is 0 Å². The zero-order valence-electron chi connectivity index (χ0n) is 14.1. The third-order valence-electron chi connectivity index (χ3n) is 4.30. The van der Waals surface area contributed by atoms with E-state index in [4.69, 9.17) is 4.74 Å². The molecular formula is C17H34O2Si. The summed E-state index contributed by atoms with van der Waals surface area (Å²) < 4.78 is 5.24. The van der Waals surface area contributed by atoms with Gasteiger partial charge in [0, 0.05) is 5.57 Å². The van der Waals surface area contributed by atoms with E-state index in [1.165, 1.54) is 49.9 Å². The molecule has 0 aromatic rings. The molecule has 0 aliphatic carbocycles. The van der Waals surface area contributed by atoms with E-state index < -0.39 is 8.07 Å². The monoisotopic (exact) mass is 298 g/mol. The largest absolute Gasteiger partial charge is 0.462 e. The summed E-state index contributed by atoms with van der Waals surface area (Å²) in [4.78, 5) is 11.4. The van der Waals surface area contributed by atoms with Gasteiger partial charge >= 0.3 is 5.97 Å². The molecule has 118 valence electrons. The molecule has 0 atom stereocenters. The van der Waals surface area contributed by atoms with E-state index in [9.17, 15) is 4.79 Å². The van der Waals surface area contributed by atoms with Crippen molar-refractivity contribution < 1.29 is 9.53 Å². The molecule has 2 nitrogen and oxygen atoms in total. The van der Waals surface area contributed by atoms with Gasteiger partial charge in [-0.2, -0.15) is 0 Å². The maximum atomic E-state index is 11.4. The predicted molar refractivity (Wildman–Crippen MR) is 90.9 cm³/mol. The Morgan fingerprint density at radius 2 is 1.50 bits per heavy atom. The quantitative estimate of drug-likeness (QED) is 0.204. The van der Waals surface area contributed by atoms with E-state index in [0.29, 0.717) is 12.2 Å². The average molecular weight is 299 g/mol. The summed E-state index contributed by atoms with van der Waals surface area (Å²) in [7, 11) is -1.12. The molecule has 0 spiro atoms. The zero-order chi connectivity index (χ0) is 15.4. The molecule has 0 bridgehead atoms. The van der Waals surface area contributed by atoms with E-state index in [2.05, 4.69) is 27.4 Å². The lowest BCUT2D eigenvalue weighted by molar-refractivity contribution is -0.138. The topological polar surface area (TPSA) is 26.3 Å². The van der Waals surface area contributed by atoms with Gasteiger partial charge in [0.25, 0.3) is 0 Å². The highest BCUT2D eigenvalue weighted by molar-refractivity contribution is 6.79. The summed E-state index contributed by atoms with van der Waals surface area (Å²) in [6, 6.07) is 5.59. The molecule has 0 rings (SSSR count). The van der Waals surface area contributed by atoms with Crippen molar-refractivity contribution in [3.63, 3.8) is 0 Å². The molecule has 0 aromatic carbocycles. The molecule has 0 aromatic heterocycles. The van der Waals surface area contributed by atoms with Crippen molar-refractivity contribution in [3.05, 3.63) is 12.2 Å². The molecule has 0 radical (unpaired) electrons. The van der Waals surface area contributed by atoms with Crippen LogP contribution in [0.25, 0.3) is 0 Å². The van der Waals surface area contributed by atoms with Crippen LogP contribution in [0, 0.1) is 0 Å². The van der Waals surface area contributed by atoms with Crippen LogP contribution in [0.4, 0.5) is 0 Å². The van der Waals surface area contributed by atoms with Gasteiger partial charge in [0.1, 0.15) is 0 Å². The Kier molecular flexibility index (Phi) is 10.8. The van der Waals surface area contributed by atoms with Crippen LogP contribution in [-0.2, 0) is 9.53 Å². The van der Waals surface area contributed by atoms with Crippen LogP contribution in [0.3, 0.4) is 0 Å². The van der Waals surface area contributed by atoms with Crippen molar-refractivity contribution in [1.82, 2.24) is 0 Å². The lowest BCUT2D eigenvalue weighted by Gasteiger charge is -2.31. The van der Waals surface area contributed by atoms with Crippen molar-refractivity contribution >= 4 is 14.0 Å². The molecule has 0 amide bonds. The fraction of sp³-hybridized carbons (Fsp3) is 0.824. The van der Waals surface area contributed by atoms with E-state index in [0.717, 1.165) is 6.42 Å². The van der Waals surface area contributed by atoms with Crippen molar-refractivity contribution in [2.75, 3.05) is 6.61 Å². The molecule has 0 aliphatic rings. The van der Waals surface area contributed by atoms with Crippen LogP contribution in [0.5, 0.6) is 0 Å². The van der Waals surface area contributed by atoms with Crippen molar-refractivity contribution in [2.24, 2.45) is 0 Å². The zero-order valence-corrected chi connectivity index (χ0v) is 15.1. The van der Waals surface area contributed by atoms with Crippen molar-refractivity contribution in [2.45, 2.75) is 84.0 Å². The Labute approximate surface area is 127 Å². The summed E-state index contributed by atoms with van der Waals surface area (Å²) in [5, 5.41) is 0. The number of esters is 1. The number of ether oxygens (including phenoxy) is 1. The first-order valence-electron chi connectivity index (χ1n) is 8.34. The maximum Gasteiger partial charge on any atom is 0.333 e. The number of hydrogen-bond acceptors (Lipinski definition) is 2. The molecule has 0 fully saturated rings. The van der Waals surface area contributed by atoms with Gasteiger partial charge < -0.3 is 4.74 Å². The minimum absolute atomic E-state index is 0.240. The standard InChI is InChI=1S/C17H34O2Si/c1-6-9-13-20(8-3,14-10-7-2)15-11-12-19-17(18)16(4)5/h4,6-15H2,1-3,5H3. The highest BCUT2D eigenvalue weighted by atomic mass is 28.3. The summed E-state index contributed by atoms with van der Waals surface area (Å²) >= 11 is 0.